The number of nitrogens with zero attached hydrogens (tertiary/aromatic N) is 3. The van der Waals surface area contributed by atoms with Gasteiger partial charge in [0, 0.05) is 27.8 Å². The molecule has 0 unspecified atom stereocenters. The predicted octanol–water partition coefficient (Wildman–Crippen LogP) is 8.66. The number of hydrogen-bond donors (Lipinski definition) is 1. The molecule has 1 N–H and O–H groups in total. The van der Waals surface area contributed by atoms with Crippen LogP contribution in [-0.2, 0) is 21.8 Å². The van der Waals surface area contributed by atoms with E-state index in [1.807, 2.05) is 19.9 Å². The highest BCUT2D eigenvalue weighted by atomic mass is 35.5. The average molecular weight is 727 g/mol. The van der Waals surface area contributed by atoms with Crippen LogP contribution in [0.1, 0.15) is 61.9 Å². The summed E-state index contributed by atoms with van der Waals surface area (Å²) in [6, 6.07) is 14.8. The van der Waals surface area contributed by atoms with Gasteiger partial charge in [0.15, 0.2) is 15.8 Å². The molecular formula is C35H33Cl2N3O6S2. The number of benzene rings is 3. The number of hydrogen-bond acceptors (Lipinski definition) is 10. The van der Waals surface area contributed by atoms with Gasteiger partial charge in [-0.15, -0.1) is 10.2 Å². The summed E-state index contributed by atoms with van der Waals surface area (Å²) in [5.41, 5.74) is 2.66. The maximum atomic E-state index is 13.8. The Balaban J connectivity index is 1.41. The van der Waals surface area contributed by atoms with Gasteiger partial charge in [-0.05, 0) is 79.4 Å². The van der Waals surface area contributed by atoms with Crippen molar-refractivity contribution in [1.82, 2.24) is 10.2 Å². The Morgan fingerprint density at radius 3 is 2.67 bits per heavy atom. The summed E-state index contributed by atoms with van der Waals surface area (Å²) in [6.45, 7) is 6.80. The van der Waals surface area contributed by atoms with Crippen LogP contribution in [0.15, 0.2) is 64.5 Å². The van der Waals surface area contributed by atoms with Crippen molar-refractivity contribution in [2.45, 2.75) is 62.3 Å². The first-order valence-electron chi connectivity index (χ1n) is 15.6. The van der Waals surface area contributed by atoms with Gasteiger partial charge in [0.2, 0.25) is 5.13 Å². The third-order valence-corrected chi connectivity index (χ3v) is 10.6. The number of fused-ring (bicyclic) bond motifs is 1. The number of aliphatic hydroxyl groups excluding tert-OH is 1. The quantitative estimate of drug-likeness (QED) is 0.0383. The normalized spacial score (nSPS) is 18.2. The Labute approximate surface area is 296 Å². The summed E-state index contributed by atoms with van der Waals surface area (Å²) in [4.78, 5) is 29.0. The maximum Gasteiger partial charge on any atom is 0.301 e. The smallest absolute Gasteiger partial charge is 0.301 e. The minimum Gasteiger partial charge on any atom is -0.507 e. The number of Topliss-reactive ketones (excluding diaryl/α,β-unsaturated/α-hetero) is 1. The van der Waals surface area contributed by atoms with E-state index in [-0.39, 0.29) is 22.6 Å². The van der Waals surface area contributed by atoms with Crippen molar-refractivity contribution in [1.29, 1.82) is 0 Å². The van der Waals surface area contributed by atoms with E-state index in [9.17, 15) is 14.7 Å². The Kier molecular flexibility index (Phi) is 10.5. The van der Waals surface area contributed by atoms with E-state index in [4.69, 9.17) is 37.4 Å². The maximum absolute atomic E-state index is 13.8. The summed E-state index contributed by atoms with van der Waals surface area (Å²) in [5.74, 6) is 0.291. The molecule has 0 saturated carbocycles. The zero-order chi connectivity index (χ0) is 33.9. The van der Waals surface area contributed by atoms with Crippen LogP contribution in [0.25, 0.3) is 5.76 Å². The molecule has 4 aromatic rings. The number of thioether (sulfide) groups is 1. The first-order valence-corrected chi connectivity index (χ1v) is 18.1. The van der Waals surface area contributed by atoms with Gasteiger partial charge in [-0.25, -0.2) is 0 Å². The van der Waals surface area contributed by atoms with Gasteiger partial charge in [0.05, 0.1) is 24.8 Å². The summed E-state index contributed by atoms with van der Waals surface area (Å²) < 4.78 is 18.3. The van der Waals surface area contributed by atoms with Crippen LogP contribution in [0.2, 0.25) is 10.0 Å². The van der Waals surface area contributed by atoms with Gasteiger partial charge in [0.25, 0.3) is 5.78 Å². The molecule has 0 radical (unpaired) electrons. The van der Waals surface area contributed by atoms with Gasteiger partial charge >= 0.3 is 5.91 Å². The van der Waals surface area contributed by atoms with Crippen molar-refractivity contribution in [2.75, 3.05) is 18.1 Å². The highest BCUT2D eigenvalue weighted by Crippen LogP contribution is 2.46. The second-order valence-corrected chi connectivity index (χ2v) is 14.4. The second-order valence-electron chi connectivity index (χ2n) is 11.3. The molecule has 0 spiro atoms. The van der Waals surface area contributed by atoms with E-state index in [2.05, 4.69) is 17.1 Å². The number of ketones is 1. The molecule has 6 rings (SSSR count). The largest absolute Gasteiger partial charge is 0.507 e. The Bertz CT molecular complexity index is 1900. The molecule has 1 saturated heterocycles. The fourth-order valence-electron chi connectivity index (χ4n) is 5.62. The minimum absolute atomic E-state index is 0.00166. The monoisotopic (exact) mass is 725 g/mol. The SMILES string of the molecule is CCCCOc1ccc([C@H]2C(=C(O)c3ccc4c(c3)C[C@H](C)O4)C(=O)C(=O)N2c2nnc(SCc3ccc(Cl)cc3Cl)s2)cc1OCC. The number of aromatic nitrogens is 2. The van der Waals surface area contributed by atoms with Crippen molar-refractivity contribution in [2.24, 2.45) is 0 Å². The average Bonchev–Trinajstić information content (AvgIpc) is 3.76. The molecule has 2 aliphatic rings. The van der Waals surface area contributed by atoms with Crippen LogP contribution < -0.4 is 19.1 Å². The van der Waals surface area contributed by atoms with E-state index >= 15 is 0 Å². The predicted molar refractivity (Wildman–Crippen MR) is 189 cm³/mol. The van der Waals surface area contributed by atoms with Crippen LogP contribution in [0.4, 0.5) is 5.13 Å². The standard InChI is InChI=1S/C35H33Cl2N3O6S2/c1-4-6-13-45-27-12-8-20(16-28(27)44-5-2)30-29(31(41)21-9-11-26-23(15-21)14-19(3)46-26)32(42)33(43)40(30)34-38-39-35(48-34)47-18-22-7-10-24(36)17-25(22)37/h7-12,15-17,19,30,41H,4-6,13-14,18H2,1-3H3/t19-,30-/m0/s1. The summed E-state index contributed by atoms with van der Waals surface area (Å²) >= 11 is 15.0. The first kappa shape index (κ1) is 34.1. The fourth-order valence-corrected chi connectivity index (χ4v) is 8.04. The molecule has 3 aromatic carbocycles. The van der Waals surface area contributed by atoms with Crippen molar-refractivity contribution in [3.05, 3.63) is 92.5 Å². The number of halogens is 2. The lowest BCUT2D eigenvalue weighted by atomic mass is 9.94. The zero-order valence-electron chi connectivity index (χ0n) is 26.5. The summed E-state index contributed by atoms with van der Waals surface area (Å²) in [7, 11) is 0. The highest BCUT2D eigenvalue weighted by Gasteiger charge is 2.48. The highest BCUT2D eigenvalue weighted by molar-refractivity contribution is 8.00. The lowest BCUT2D eigenvalue weighted by Gasteiger charge is -2.23. The molecule has 13 heteroatoms. The van der Waals surface area contributed by atoms with E-state index in [1.54, 1.807) is 48.5 Å². The van der Waals surface area contributed by atoms with Crippen molar-refractivity contribution >= 4 is 68.9 Å². The van der Waals surface area contributed by atoms with E-state index in [0.717, 1.165) is 29.7 Å². The Morgan fingerprint density at radius 1 is 1.06 bits per heavy atom. The van der Waals surface area contributed by atoms with Crippen LogP contribution in [0, 0.1) is 0 Å². The molecular weight excluding hydrogens is 693 g/mol. The van der Waals surface area contributed by atoms with Gasteiger partial charge in [0.1, 0.15) is 17.6 Å². The molecule has 250 valence electrons. The molecule has 1 fully saturated rings. The van der Waals surface area contributed by atoms with Crippen LogP contribution >= 0.6 is 46.3 Å². The van der Waals surface area contributed by atoms with Crippen molar-refractivity contribution < 1.29 is 28.9 Å². The van der Waals surface area contributed by atoms with Crippen molar-refractivity contribution in [3.8, 4) is 17.2 Å². The number of carbonyl (C=O) groups is 2. The topological polar surface area (TPSA) is 111 Å². The second kappa shape index (κ2) is 14.8. The number of unbranched alkanes of at least 4 members (excludes halogenated alkanes) is 1. The van der Waals surface area contributed by atoms with Crippen LogP contribution in [0.3, 0.4) is 0 Å². The lowest BCUT2D eigenvalue weighted by molar-refractivity contribution is -0.132. The molecule has 2 aliphatic heterocycles. The van der Waals surface area contributed by atoms with Crippen LogP contribution in [-0.4, -0.2) is 46.3 Å². The fraction of sp³-hybridized carbons (Fsp3) is 0.314. The number of carbonyl (C=O) groups excluding carboxylic acids is 2. The van der Waals surface area contributed by atoms with Gasteiger partial charge in [-0.1, -0.05) is 71.8 Å². The number of rotatable bonds is 12. The van der Waals surface area contributed by atoms with Crippen molar-refractivity contribution in [3.63, 3.8) is 0 Å². The minimum atomic E-state index is -1.02. The number of amides is 1. The zero-order valence-corrected chi connectivity index (χ0v) is 29.6. The Morgan fingerprint density at radius 2 is 1.90 bits per heavy atom. The number of ether oxygens (including phenoxy) is 3. The summed E-state index contributed by atoms with van der Waals surface area (Å²) in [6.07, 6.45) is 2.51. The molecule has 48 heavy (non-hydrogen) atoms. The number of aliphatic hydroxyl groups is 1. The lowest BCUT2D eigenvalue weighted by Crippen LogP contribution is -2.29. The number of anilines is 1. The molecule has 1 aromatic heterocycles. The van der Waals surface area contributed by atoms with E-state index < -0.39 is 17.7 Å². The third kappa shape index (κ3) is 7.01. The van der Waals surface area contributed by atoms with E-state index in [0.29, 0.717) is 62.4 Å². The molecule has 9 nitrogen and oxygen atoms in total. The molecule has 2 atom stereocenters. The van der Waals surface area contributed by atoms with Gasteiger partial charge in [-0.2, -0.15) is 0 Å². The summed E-state index contributed by atoms with van der Waals surface area (Å²) in [5, 5.41) is 21.7. The molecule has 0 aliphatic carbocycles. The molecule has 3 heterocycles. The Hall–Kier alpha value is -3.77. The first-order chi connectivity index (χ1) is 23.2. The third-order valence-electron chi connectivity index (χ3n) is 7.92. The molecule has 0 bridgehead atoms. The molecule has 1 amide bonds. The van der Waals surface area contributed by atoms with E-state index in [1.165, 1.54) is 28.0 Å². The van der Waals surface area contributed by atoms with Gasteiger partial charge in [-0.3, -0.25) is 14.5 Å². The van der Waals surface area contributed by atoms with Gasteiger partial charge < -0.3 is 19.3 Å². The van der Waals surface area contributed by atoms with Crippen LogP contribution in [0.5, 0.6) is 17.2 Å².